The summed E-state index contributed by atoms with van der Waals surface area (Å²) in [7, 11) is 0. The van der Waals surface area contributed by atoms with Gasteiger partial charge in [0, 0.05) is 5.70 Å². The molecule has 0 aromatic carbocycles. The zero-order chi connectivity index (χ0) is 16.7. The van der Waals surface area contributed by atoms with Crippen molar-refractivity contribution in [3.8, 4) is 0 Å². The largest absolute Gasteiger partial charge is 0.462 e. The first-order valence-electron chi connectivity index (χ1n) is 5.56. The lowest BCUT2D eigenvalue weighted by Crippen LogP contribution is -2.61. The highest BCUT2D eigenvalue weighted by atomic mass is 19.4. The standard InChI is InChI=1S/C10H9F10N/c11-7(12,13)5-21(6-3-1-2-4-6)10(19,20)8(14,15)9(16,17)18/h3H,1-2,4-5H2. The van der Waals surface area contributed by atoms with E-state index in [1.165, 1.54) is 0 Å². The lowest BCUT2D eigenvalue weighted by atomic mass is 10.2. The summed E-state index contributed by atoms with van der Waals surface area (Å²) in [6.45, 7) is -2.60. The average molecular weight is 333 g/mol. The van der Waals surface area contributed by atoms with E-state index in [0.29, 0.717) is 0 Å². The van der Waals surface area contributed by atoms with Crippen LogP contribution in [0.2, 0.25) is 0 Å². The van der Waals surface area contributed by atoms with Crippen LogP contribution in [0.4, 0.5) is 43.9 Å². The van der Waals surface area contributed by atoms with Crippen molar-refractivity contribution < 1.29 is 43.9 Å². The second-order valence-electron chi connectivity index (χ2n) is 4.40. The van der Waals surface area contributed by atoms with E-state index in [9.17, 15) is 43.9 Å². The molecule has 0 aromatic rings. The first-order valence-corrected chi connectivity index (χ1v) is 5.56. The maximum Gasteiger partial charge on any atom is 0.462 e. The van der Waals surface area contributed by atoms with Crippen molar-refractivity contribution >= 4 is 0 Å². The monoisotopic (exact) mass is 333 g/mol. The number of alkyl halides is 10. The van der Waals surface area contributed by atoms with Gasteiger partial charge >= 0.3 is 24.3 Å². The summed E-state index contributed by atoms with van der Waals surface area (Å²) in [5, 5.41) is 0. The Morgan fingerprint density at radius 1 is 0.905 bits per heavy atom. The van der Waals surface area contributed by atoms with Crippen molar-refractivity contribution in [2.75, 3.05) is 6.54 Å². The fourth-order valence-corrected chi connectivity index (χ4v) is 1.80. The summed E-state index contributed by atoms with van der Waals surface area (Å²) in [6, 6.07) is -6.04. The molecule has 1 nitrogen and oxygen atoms in total. The molecule has 1 aliphatic rings. The Kier molecular flexibility index (Phi) is 4.46. The van der Waals surface area contributed by atoms with Gasteiger partial charge in [-0.25, -0.2) is 0 Å². The first kappa shape index (κ1) is 17.9. The highest BCUT2D eigenvalue weighted by Crippen LogP contribution is 2.50. The zero-order valence-electron chi connectivity index (χ0n) is 10.1. The third kappa shape index (κ3) is 3.54. The van der Waals surface area contributed by atoms with Crippen LogP contribution in [0.25, 0.3) is 0 Å². The molecule has 0 radical (unpaired) electrons. The van der Waals surface area contributed by atoms with Gasteiger partial charge in [0.25, 0.3) is 0 Å². The van der Waals surface area contributed by atoms with Gasteiger partial charge in [0.05, 0.1) is 0 Å². The van der Waals surface area contributed by atoms with Gasteiger partial charge in [-0.2, -0.15) is 43.9 Å². The van der Waals surface area contributed by atoms with Crippen LogP contribution in [0.15, 0.2) is 11.8 Å². The third-order valence-electron chi connectivity index (χ3n) is 2.77. The summed E-state index contributed by atoms with van der Waals surface area (Å²) < 4.78 is 126. The summed E-state index contributed by atoms with van der Waals surface area (Å²) in [5.41, 5.74) is -0.874. The lowest BCUT2D eigenvalue weighted by molar-refractivity contribution is -0.390. The summed E-state index contributed by atoms with van der Waals surface area (Å²) in [4.78, 5) is -1.20. The minimum Gasteiger partial charge on any atom is -0.303 e. The molecule has 0 saturated carbocycles. The van der Waals surface area contributed by atoms with Crippen LogP contribution in [-0.4, -0.2) is 35.8 Å². The van der Waals surface area contributed by atoms with Crippen molar-refractivity contribution in [2.24, 2.45) is 0 Å². The Morgan fingerprint density at radius 3 is 1.76 bits per heavy atom. The fourth-order valence-electron chi connectivity index (χ4n) is 1.80. The Hall–Kier alpha value is -1.16. The Labute approximate surface area is 112 Å². The SMILES string of the molecule is FC(F)(F)CN(C1=CCCC1)C(F)(F)C(F)(F)C(F)(F)F. The van der Waals surface area contributed by atoms with Crippen LogP contribution >= 0.6 is 0 Å². The van der Waals surface area contributed by atoms with E-state index < -0.39 is 47.9 Å². The molecule has 0 aliphatic heterocycles. The van der Waals surface area contributed by atoms with E-state index in [1.807, 2.05) is 0 Å². The molecule has 0 saturated heterocycles. The number of allylic oxidation sites excluding steroid dienone is 2. The average Bonchev–Trinajstić information content (AvgIpc) is 2.75. The van der Waals surface area contributed by atoms with Gasteiger partial charge in [-0.15, -0.1) is 0 Å². The van der Waals surface area contributed by atoms with Crippen LogP contribution in [0, 0.1) is 0 Å². The van der Waals surface area contributed by atoms with Crippen molar-refractivity contribution in [2.45, 2.75) is 43.6 Å². The Balaban J connectivity index is 3.23. The van der Waals surface area contributed by atoms with Crippen LogP contribution < -0.4 is 0 Å². The number of rotatable bonds is 4. The molecular weight excluding hydrogens is 324 g/mol. The molecule has 0 aromatic heterocycles. The van der Waals surface area contributed by atoms with E-state index in [1.54, 1.807) is 0 Å². The molecule has 0 unspecified atom stereocenters. The van der Waals surface area contributed by atoms with Gasteiger partial charge in [-0.05, 0) is 19.3 Å². The topological polar surface area (TPSA) is 3.24 Å². The maximum atomic E-state index is 13.5. The van der Waals surface area contributed by atoms with Crippen LogP contribution in [0.3, 0.4) is 0 Å². The summed E-state index contributed by atoms with van der Waals surface area (Å²) in [6.07, 6.45) is -11.6. The number of halogens is 10. The molecule has 21 heavy (non-hydrogen) atoms. The van der Waals surface area contributed by atoms with Gasteiger partial charge in [-0.1, -0.05) is 6.08 Å². The fraction of sp³-hybridized carbons (Fsp3) is 0.800. The van der Waals surface area contributed by atoms with E-state index in [0.717, 1.165) is 6.08 Å². The Bertz CT molecular complexity index is 405. The molecule has 0 N–H and O–H groups in total. The van der Waals surface area contributed by atoms with Gasteiger partial charge in [0.1, 0.15) is 6.54 Å². The van der Waals surface area contributed by atoms with Crippen molar-refractivity contribution in [1.82, 2.24) is 4.90 Å². The van der Waals surface area contributed by atoms with Crippen molar-refractivity contribution in [1.29, 1.82) is 0 Å². The first-order chi connectivity index (χ1) is 9.20. The van der Waals surface area contributed by atoms with Crippen molar-refractivity contribution in [3.05, 3.63) is 11.8 Å². The molecule has 124 valence electrons. The second-order valence-corrected chi connectivity index (χ2v) is 4.40. The predicted octanol–water partition coefficient (Wildman–Crippen LogP) is 4.71. The maximum absolute atomic E-state index is 13.5. The van der Waals surface area contributed by atoms with E-state index in [-0.39, 0.29) is 12.8 Å². The minimum absolute atomic E-state index is 0.0252. The van der Waals surface area contributed by atoms with Gasteiger partial charge in [-0.3, -0.25) is 0 Å². The zero-order valence-corrected chi connectivity index (χ0v) is 10.1. The molecule has 1 aliphatic carbocycles. The lowest BCUT2D eigenvalue weighted by Gasteiger charge is -2.39. The second kappa shape index (κ2) is 5.24. The smallest absolute Gasteiger partial charge is 0.303 e. The highest BCUT2D eigenvalue weighted by molar-refractivity contribution is 5.11. The van der Waals surface area contributed by atoms with Crippen LogP contribution in [0.5, 0.6) is 0 Å². The molecule has 0 fully saturated rings. The summed E-state index contributed by atoms with van der Waals surface area (Å²) >= 11 is 0. The molecule has 1 rings (SSSR count). The molecule has 0 atom stereocenters. The molecular formula is C10H9F10N. The number of hydrogen-bond acceptors (Lipinski definition) is 1. The number of nitrogens with zero attached hydrogens (tertiary/aromatic N) is 1. The highest BCUT2D eigenvalue weighted by Gasteiger charge is 2.76. The number of hydrogen-bond donors (Lipinski definition) is 0. The normalized spacial score (nSPS) is 17.9. The molecule has 0 heterocycles. The van der Waals surface area contributed by atoms with Gasteiger partial charge < -0.3 is 4.90 Å². The Morgan fingerprint density at radius 2 is 1.43 bits per heavy atom. The van der Waals surface area contributed by atoms with E-state index >= 15 is 0 Å². The molecule has 11 heteroatoms. The minimum atomic E-state index is -6.68. The predicted molar refractivity (Wildman–Crippen MR) is 50.6 cm³/mol. The van der Waals surface area contributed by atoms with E-state index in [4.69, 9.17) is 0 Å². The quantitative estimate of drug-likeness (QED) is 0.532. The van der Waals surface area contributed by atoms with Crippen LogP contribution in [0.1, 0.15) is 19.3 Å². The van der Waals surface area contributed by atoms with Gasteiger partial charge in [0.15, 0.2) is 0 Å². The molecule has 0 amide bonds. The van der Waals surface area contributed by atoms with E-state index in [2.05, 4.69) is 0 Å². The van der Waals surface area contributed by atoms with Gasteiger partial charge in [0.2, 0.25) is 0 Å². The molecule has 0 spiro atoms. The molecule has 0 bridgehead atoms. The third-order valence-corrected chi connectivity index (χ3v) is 2.77. The summed E-state index contributed by atoms with van der Waals surface area (Å²) in [5.74, 6) is -6.62. The van der Waals surface area contributed by atoms with Crippen LogP contribution in [-0.2, 0) is 0 Å². The van der Waals surface area contributed by atoms with Crippen molar-refractivity contribution in [3.63, 3.8) is 0 Å².